The fourth-order valence-corrected chi connectivity index (χ4v) is 2.37. The van der Waals surface area contributed by atoms with Crippen molar-refractivity contribution in [2.24, 2.45) is 0 Å². The monoisotopic (exact) mass is 275 g/mol. The number of ether oxygens (including phenoxy) is 1. The van der Waals surface area contributed by atoms with Crippen LogP contribution >= 0.6 is 0 Å². The van der Waals surface area contributed by atoms with Crippen LogP contribution in [0.5, 0.6) is 0 Å². The molecule has 0 aromatic carbocycles. The number of hydrogen-bond donors (Lipinski definition) is 2. The molecule has 106 valence electrons. The molecule has 2 N–H and O–H groups in total. The maximum absolute atomic E-state index is 12.1. The number of nitrogens with one attached hydrogen (secondary N) is 2. The van der Waals surface area contributed by atoms with Crippen LogP contribution in [0.15, 0.2) is 28.9 Å². The number of rotatable bonds is 4. The second-order valence-electron chi connectivity index (χ2n) is 4.96. The Hall–Kier alpha value is -2.08. The molecule has 1 aliphatic heterocycles. The molecule has 0 radical (unpaired) electrons. The zero-order chi connectivity index (χ0) is 13.9. The minimum Gasteiger partial charge on any atom is -0.463 e. The second-order valence-corrected chi connectivity index (χ2v) is 4.96. The van der Waals surface area contributed by atoms with Crippen LogP contribution < -0.4 is 5.32 Å². The first-order valence-corrected chi connectivity index (χ1v) is 6.76. The van der Waals surface area contributed by atoms with Gasteiger partial charge in [-0.3, -0.25) is 9.89 Å². The Labute approximate surface area is 116 Å². The first-order valence-electron chi connectivity index (χ1n) is 6.76. The molecule has 1 amide bonds. The number of nitrogens with zero attached hydrogens (tertiary/aromatic N) is 1. The van der Waals surface area contributed by atoms with E-state index in [-0.39, 0.29) is 18.1 Å². The van der Waals surface area contributed by atoms with E-state index in [1.165, 1.54) is 0 Å². The number of aromatic nitrogens is 2. The maximum atomic E-state index is 12.1. The topological polar surface area (TPSA) is 80.2 Å². The summed E-state index contributed by atoms with van der Waals surface area (Å²) in [6.45, 7) is 2.73. The smallest absolute Gasteiger partial charge is 0.272 e. The van der Waals surface area contributed by atoms with Gasteiger partial charge in [-0.05, 0) is 31.9 Å². The summed E-state index contributed by atoms with van der Waals surface area (Å²) in [5.74, 6) is 0.450. The van der Waals surface area contributed by atoms with E-state index in [0.29, 0.717) is 17.1 Å². The van der Waals surface area contributed by atoms with E-state index in [2.05, 4.69) is 15.5 Å². The number of furan rings is 1. The molecule has 2 aromatic rings. The van der Waals surface area contributed by atoms with Crippen LogP contribution in [0.3, 0.4) is 0 Å². The lowest BCUT2D eigenvalue weighted by atomic mass is 10.1. The highest BCUT2D eigenvalue weighted by Crippen LogP contribution is 2.18. The van der Waals surface area contributed by atoms with Gasteiger partial charge in [0.05, 0.1) is 18.4 Å². The molecule has 0 bridgehead atoms. The standard InChI is InChI=1S/C14H17N3O3/c1-9(12-4-2-6-19-12)15-14(18)11-8-10(16-17-11)13-5-3-7-20-13/h3,5,7-9,12H,2,4,6H2,1H3,(H,15,18)(H,16,17)/t9-,12-/m0/s1. The normalized spacial score (nSPS) is 19.9. The highest BCUT2D eigenvalue weighted by molar-refractivity contribution is 5.93. The Morgan fingerprint density at radius 3 is 3.20 bits per heavy atom. The third-order valence-corrected chi connectivity index (χ3v) is 3.48. The molecule has 0 spiro atoms. The lowest BCUT2D eigenvalue weighted by molar-refractivity contribution is 0.0709. The zero-order valence-electron chi connectivity index (χ0n) is 11.3. The van der Waals surface area contributed by atoms with Crippen molar-refractivity contribution >= 4 is 5.91 Å². The predicted molar refractivity (Wildman–Crippen MR) is 72.2 cm³/mol. The molecule has 1 fully saturated rings. The van der Waals surface area contributed by atoms with E-state index in [9.17, 15) is 4.79 Å². The van der Waals surface area contributed by atoms with E-state index < -0.39 is 0 Å². The van der Waals surface area contributed by atoms with Crippen LogP contribution in [0.2, 0.25) is 0 Å². The molecular weight excluding hydrogens is 258 g/mol. The highest BCUT2D eigenvalue weighted by atomic mass is 16.5. The third-order valence-electron chi connectivity index (χ3n) is 3.48. The molecule has 20 heavy (non-hydrogen) atoms. The molecule has 6 heteroatoms. The summed E-state index contributed by atoms with van der Waals surface area (Å²) >= 11 is 0. The summed E-state index contributed by atoms with van der Waals surface area (Å²) < 4.78 is 10.8. The fourth-order valence-electron chi connectivity index (χ4n) is 2.37. The van der Waals surface area contributed by atoms with Crippen LogP contribution in [0, 0.1) is 0 Å². The number of aromatic amines is 1. The average Bonchev–Trinajstić information content (AvgIpc) is 3.19. The molecule has 2 aromatic heterocycles. The minimum absolute atomic E-state index is 0.0197. The summed E-state index contributed by atoms with van der Waals surface area (Å²) in [6.07, 6.45) is 3.72. The Morgan fingerprint density at radius 1 is 1.60 bits per heavy atom. The molecule has 3 heterocycles. The number of amides is 1. The maximum Gasteiger partial charge on any atom is 0.272 e. The van der Waals surface area contributed by atoms with Crippen LogP contribution in [-0.4, -0.2) is 34.9 Å². The molecule has 3 rings (SSSR count). The van der Waals surface area contributed by atoms with Gasteiger partial charge in [0.1, 0.15) is 5.69 Å². The Morgan fingerprint density at radius 2 is 2.50 bits per heavy atom. The van der Waals surface area contributed by atoms with Crippen molar-refractivity contribution < 1.29 is 13.9 Å². The van der Waals surface area contributed by atoms with Crippen LogP contribution in [0.25, 0.3) is 11.5 Å². The Bertz CT molecular complexity index is 570. The van der Waals surface area contributed by atoms with E-state index in [1.54, 1.807) is 18.4 Å². The van der Waals surface area contributed by atoms with Gasteiger partial charge < -0.3 is 14.5 Å². The number of H-pyrrole nitrogens is 1. The van der Waals surface area contributed by atoms with Gasteiger partial charge in [-0.2, -0.15) is 5.10 Å². The lowest BCUT2D eigenvalue weighted by Gasteiger charge is -2.19. The van der Waals surface area contributed by atoms with Gasteiger partial charge in [-0.25, -0.2) is 0 Å². The molecule has 0 aliphatic carbocycles. The zero-order valence-corrected chi connectivity index (χ0v) is 11.3. The molecule has 1 aliphatic rings. The van der Waals surface area contributed by atoms with Crippen LogP contribution in [0.4, 0.5) is 0 Å². The lowest BCUT2D eigenvalue weighted by Crippen LogP contribution is -2.40. The number of hydrogen-bond acceptors (Lipinski definition) is 4. The molecular formula is C14H17N3O3. The van der Waals surface area contributed by atoms with Gasteiger partial charge in [-0.15, -0.1) is 0 Å². The van der Waals surface area contributed by atoms with Gasteiger partial charge in [0.25, 0.3) is 5.91 Å². The van der Waals surface area contributed by atoms with Gasteiger partial charge in [-0.1, -0.05) is 0 Å². The molecule has 1 saturated heterocycles. The van der Waals surface area contributed by atoms with Crippen molar-refractivity contribution in [1.29, 1.82) is 0 Å². The second kappa shape index (κ2) is 5.50. The Balaban J connectivity index is 1.65. The first kappa shape index (κ1) is 12.9. The summed E-state index contributed by atoms with van der Waals surface area (Å²) in [7, 11) is 0. The van der Waals surface area contributed by atoms with Crippen molar-refractivity contribution in [2.75, 3.05) is 6.61 Å². The van der Waals surface area contributed by atoms with E-state index in [1.807, 2.05) is 13.0 Å². The summed E-state index contributed by atoms with van der Waals surface area (Å²) in [4.78, 5) is 12.1. The van der Waals surface area contributed by atoms with Gasteiger partial charge in [0, 0.05) is 12.7 Å². The van der Waals surface area contributed by atoms with E-state index >= 15 is 0 Å². The summed E-state index contributed by atoms with van der Waals surface area (Å²) in [5, 5.41) is 9.73. The summed E-state index contributed by atoms with van der Waals surface area (Å²) in [6, 6.07) is 5.25. The van der Waals surface area contributed by atoms with Crippen molar-refractivity contribution in [3.63, 3.8) is 0 Å². The summed E-state index contributed by atoms with van der Waals surface area (Å²) in [5.41, 5.74) is 1.03. The van der Waals surface area contributed by atoms with Crippen molar-refractivity contribution in [3.05, 3.63) is 30.2 Å². The van der Waals surface area contributed by atoms with Gasteiger partial charge in [0.2, 0.25) is 0 Å². The van der Waals surface area contributed by atoms with Crippen molar-refractivity contribution in [1.82, 2.24) is 15.5 Å². The Kier molecular flexibility index (Phi) is 3.56. The van der Waals surface area contributed by atoms with Gasteiger partial charge >= 0.3 is 0 Å². The number of carbonyl (C=O) groups excluding carboxylic acids is 1. The molecule has 0 saturated carbocycles. The van der Waals surface area contributed by atoms with Gasteiger partial charge in [0.15, 0.2) is 11.5 Å². The average molecular weight is 275 g/mol. The van der Waals surface area contributed by atoms with Crippen LogP contribution in [-0.2, 0) is 4.74 Å². The number of carbonyl (C=O) groups is 1. The SMILES string of the molecule is C[C@H](NC(=O)c1cc(-c2ccco2)[nH]n1)[C@@H]1CCCO1. The fraction of sp³-hybridized carbons (Fsp3) is 0.429. The van der Waals surface area contributed by atoms with Crippen molar-refractivity contribution in [3.8, 4) is 11.5 Å². The molecule has 2 atom stereocenters. The molecule has 0 unspecified atom stereocenters. The molecule has 6 nitrogen and oxygen atoms in total. The van der Waals surface area contributed by atoms with Crippen molar-refractivity contribution in [2.45, 2.75) is 31.9 Å². The largest absolute Gasteiger partial charge is 0.463 e. The third kappa shape index (κ3) is 2.60. The van der Waals surface area contributed by atoms with E-state index in [4.69, 9.17) is 9.15 Å². The van der Waals surface area contributed by atoms with E-state index in [0.717, 1.165) is 19.4 Å². The quantitative estimate of drug-likeness (QED) is 0.894. The highest BCUT2D eigenvalue weighted by Gasteiger charge is 2.24. The minimum atomic E-state index is -0.206. The predicted octanol–water partition coefficient (Wildman–Crippen LogP) is 1.97. The van der Waals surface area contributed by atoms with Crippen LogP contribution in [0.1, 0.15) is 30.3 Å². The first-order chi connectivity index (χ1) is 9.74.